The highest BCUT2D eigenvalue weighted by Gasteiger charge is 2.30. The summed E-state index contributed by atoms with van der Waals surface area (Å²) in [6.45, 7) is 0.978. The molecule has 0 radical (unpaired) electrons. The maximum atomic E-state index is 13.5. The van der Waals surface area contributed by atoms with Crippen LogP contribution in [0.25, 0.3) is 0 Å². The van der Waals surface area contributed by atoms with Gasteiger partial charge in [-0.05, 0) is 36.8 Å². The topological polar surface area (TPSA) is 107 Å². The Labute approximate surface area is 248 Å². The average molecular weight is 574 g/mol. The number of hydrogen-bond donors (Lipinski definition) is 3. The number of carbonyl (C=O) groups is 2. The van der Waals surface area contributed by atoms with E-state index in [2.05, 4.69) is 21.0 Å². The molecular weight excluding hydrogens is 530 g/mol. The van der Waals surface area contributed by atoms with Crippen molar-refractivity contribution in [3.63, 3.8) is 0 Å². The molecule has 0 aliphatic heterocycles. The van der Waals surface area contributed by atoms with Gasteiger partial charge in [0.15, 0.2) is 0 Å². The predicted octanol–water partition coefficient (Wildman–Crippen LogP) is 4.83. The molecule has 4 atom stereocenters. The standard InChI is InChI=1S/C33H43N5O4/c1-34-31-20-28(33(40)36-27-17-9-11-19-30(27)42-23-25-14-6-3-7-15-25)38(37-31)21-32(39)35-26-16-8-10-18-29(26)41-22-24-12-4-2-5-13-24/h2-7,12-15,20,26-27,29-30H,8-11,16-19,21-23H2,1H3,(H,34,37)(H,35,39)(H,36,40)/t26-,27+,29-,30+/m1/s1. The van der Waals surface area contributed by atoms with Crippen LogP contribution in [0.3, 0.4) is 0 Å². The third-order valence-electron chi connectivity index (χ3n) is 8.24. The van der Waals surface area contributed by atoms with E-state index in [4.69, 9.17) is 9.47 Å². The van der Waals surface area contributed by atoms with Gasteiger partial charge in [0.2, 0.25) is 5.91 Å². The summed E-state index contributed by atoms with van der Waals surface area (Å²) < 4.78 is 14.0. The molecule has 3 aromatic rings. The van der Waals surface area contributed by atoms with Gasteiger partial charge in [-0.3, -0.25) is 9.59 Å². The Morgan fingerprint density at radius 1 is 0.786 bits per heavy atom. The van der Waals surface area contributed by atoms with Crippen molar-refractivity contribution in [3.05, 3.63) is 83.6 Å². The first kappa shape index (κ1) is 29.8. The molecule has 9 nitrogen and oxygen atoms in total. The van der Waals surface area contributed by atoms with E-state index in [1.54, 1.807) is 13.1 Å². The minimum atomic E-state index is -0.251. The molecule has 0 spiro atoms. The molecule has 3 N–H and O–H groups in total. The fourth-order valence-electron chi connectivity index (χ4n) is 5.95. The summed E-state index contributed by atoms with van der Waals surface area (Å²) in [5.41, 5.74) is 2.58. The number of rotatable bonds is 12. The highest BCUT2D eigenvalue weighted by atomic mass is 16.5. The molecule has 2 aromatic carbocycles. The molecule has 0 unspecified atom stereocenters. The molecule has 42 heavy (non-hydrogen) atoms. The Kier molecular flexibility index (Phi) is 10.6. The Morgan fingerprint density at radius 2 is 1.31 bits per heavy atom. The largest absolute Gasteiger partial charge is 0.372 e. The molecule has 2 saturated carbocycles. The summed E-state index contributed by atoms with van der Waals surface area (Å²) in [5, 5.41) is 13.8. The maximum absolute atomic E-state index is 13.5. The van der Waals surface area contributed by atoms with E-state index in [9.17, 15) is 9.59 Å². The van der Waals surface area contributed by atoms with Gasteiger partial charge < -0.3 is 25.4 Å². The predicted molar refractivity (Wildman–Crippen MR) is 162 cm³/mol. The number of aromatic nitrogens is 2. The number of ether oxygens (including phenoxy) is 2. The van der Waals surface area contributed by atoms with Crippen LogP contribution in [0, 0.1) is 0 Å². The first-order valence-electron chi connectivity index (χ1n) is 15.3. The van der Waals surface area contributed by atoms with E-state index >= 15 is 0 Å². The fourth-order valence-corrected chi connectivity index (χ4v) is 5.95. The highest BCUT2D eigenvalue weighted by Crippen LogP contribution is 2.24. The number of nitrogens with one attached hydrogen (secondary N) is 3. The van der Waals surface area contributed by atoms with E-state index in [0.29, 0.717) is 24.7 Å². The number of nitrogens with zero attached hydrogens (tertiary/aromatic N) is 2. The van der Waals surface area contributed by atoms with Crippen molar-refractivity contribution in [2.24, 2.45) is 0 Å². The summed E-state index contributed by atoms with van der Waals surface area (Å²) in [6.07, 6.45) is 7.65. The minimum Gasteiger partial charge on any atom is -0.372 e. The van der Waals surface area contributed by atoms with Crippen LogP contribution in [0.1, 0.15) is 73.0 Å². The van der Waals surface area contributed by atoms with Crippen LogP contribution in [0.4, 0.5) is 5.82 Å². The van der Waals surface area contributed by atoms with Gasteiger partial charge in [-0.25, -0.2) is 4.68 Å². The highest BCUT2D eigenvalue weighted by molar-refractivity contribution is 5.94. The van der Waals surface area contributed by atoms with E-state index in [0.717, 1.165) is 62.5 Å². The van der Waals surface area contributed by atoms with Crippen LogP contribution in [-0.2, 0) is 34.0 Å². The Bertz CT molecular complexity index is 1280. The molecule has 2 fully saturated rings. The van der Waals surface area contributed by atoms with Crippen molar-refractivity contribution in [2.75, 3.05) is 12.4 Å². The Hall–Kier alpha value is -3.69. The number of hydrogen-bond acceptors (Lipinski definition) is 6. The van der Waals surface area contributed by atoms with Crippen molar-refractivity contribution in [1.82, 2.24) is 20.4 Å². The second-order valence-corrected chi connectivity index (χ2v) is 11.3. The molecule has 5 rings (SSSR count). The van der Waals surface area contributed by atoms with Gasteiger partial charge in [-0.2, -0.15) is 5.10 Å². The molecular formula is C33H43N5O4. The summed E-state index contributed by atoms with van der Waals surface area (Å²) in [5.74, 6) is 0.103. The zero-order valence-corrected chi connectivity index (χ0v) is 24.5. The van der Waals surface area contributed by atoms with Crippen molar-refractivity contribution >= 4 is 17.6 Å². The number of benzene rings is 2. The molecule has 2 amide bonds. The van der Waals surface area contributed by atoms with Crippen molar-refractivity contribution in [1.29, 1.82) is 0 Å². The van der Waals surface area contributed by atoms with Crippen molar-refractivity contribution in [3.8, 4) is 0 Å². The van der Waals surface area contributed by atoms with Gasteiger partial charge in [0.1, 0.15) is 18.1 Å². The van der Waals surface area contributed by atoms with Crippen LogP contribution >= 0.6 is 0 Å². The number of carbonyl (C=O) groups excluding carboxylic acids is 2. The lowest BCUT2D eigenvalue weighted by atomic mass is 9.92. The third-order valence-corrected chi connectivity index (χ3v) is 8.24. The summed E-state index contributed by atoms with van der Waals surface area (Å²) in [6, 6.07) is 21.7. The zero-order chi connectivity index (χ0) is 29.1. The van der Waals surface area contributed by atoms with E-state index in [1.807, 2.05) is 60.7 Å². The van der Waals surface area contributed by atoms with Crippen molar-refractivity contribution < 1.29 is 19.1 Å². The molecule has 1 aromatic heterocycles. The van der Waals surface area contributed by atoms with Crippen LogP contribution in [0.5, 0.6) is 0 Å². The van der Waals surface area contributed by atoms with E-state index < -0.39 is 0 Å². The van der Waals surface area contributed by atoms with Crippen LogP contribution < -0.4 is 16.0 Å². The monoisotopic (exact) mass is 573 g/mol. The minimum absolute atomic E-state index is 0.0460. The molecule has 2 aliphatic rings. The van der Waals surface area contributed by atoms with Gasteiger partial charge in [0.05, 0.1) is 37.5 Å². The Balaban J connectivity index is 1.19. The maximum Gasteiger partial charge on any atom is 0.269 e. The number of amides is 2. The van der Waals surface area contributed by atoms with Gasteiger partial charge in [-0.15, -0.1) is 0 Å². The van der Waals surface area contributed by atoms with E-state index in [-0.39, 0.29) is 42.7 Å². The fraction of sp³-hybridized carbons (Fsp3) is 0.485. The van der Waals surface area contributed by atoms with Crippen LogP contribution in [-0.4, -0.2) is 52.9 Å². The first-order valence-corrected chi connectivity index (χ1v) is 15.3. The van der Waals surface area contributed by atoms with Gasteiger partial charge in [-0.1, -0.05) is 86.3 Å². The average Bonchev–Trinajstić information content (AvgIpc) is 3.44. The normalized spacial score (nSPS) is 22.3. The summed E-state index contributed by atoms with van der Waals surface area (Å²) in [7, 11) is 1.75. The summed E-state index contributed by atoms with van der Waals surface area (Å²) in [4.78, 5) is 26.8. The lowest BCUT2D eigenvalue weighted by molar-refractivity contribution is -0.124. The second-order valence-electron chi connectivity index (χ2n) is 11.3. The lowest BCUT2D eigenvalue weighted by Gasteiger charge is -2.32. The van der Waals surface area contributed by atoms with Gasteiger partial charge in [0.25, 0.3) is 5.91 Å². The van der Waals surface area contributed by atoms with Gasteiger partial charge in [0, 0.05) is 13.1 Å². The smallest absolute Gasteiger partial charge is 0.269 e. The SMILES string of the molecule is CNc1cc(C(=O)N[C@H]2CCCC[C@@H]2OCc2ccccc2)n(CC(=O)N[C@@H]2CCCC[C@H]2OCc2ccccc2)n1. The molecule has 9 heteroatoms. The summed E-state index contributed by atoms with van der Waals surface area (Å²) >= 11 is 0. The third kappa shape index (κ3) is 8.20. The lowest BCUT2D eigenvalue weighted by Crippen LogP contribution is -2.48. The quantitative estimate of drug-likeness (QED) is 0.287. The zero-order valence-electron chi connectivity index (χ0n) is 24.5. The molecule has 0 bridgehead atoms. The first-order chi connectivity index (χ1) is 20.6. The van der Waals surface area contributed by atoms with Gasteiger partial charge >= 0.3 is 0 Å². The van der Waals surface area contributed by atoms with Crippen LogP contribution in [0.2, 0.25) is 0 Å². The molecule has 0 saturated heterocycles. The molecule has 224 valence electrons. The number of anilines is 1. The van der Waals surface area contributed by atoms with E-state index in [1.165, 1.54) is 4.68 Å². The Morgan fingerprint density at radius 3 is 1.86 bits per heavy atom. The molecule has 1 heterocycles. The van der Waals surface area contributed by atoms with Crippen molar-refractivity contribution in [2.45, 2.75) is 95.4 Å². The molecule has 2 aliphatic carbocycles. The second kappa shape index (κ2) is 15.0. The van der Waals surface area contributed by atoms with Crippen LogP contribution in [0.15, 0.2) is 66.7 Å².